The van der Waals surface area contributed by atoms with Crippen LogP contribution < -0.4 is 15.4 Å². The van der Waals surface area contributed by atoms with Crippen LogP contribution in [0.5, 0.6) is 5.75 Å². The van der Waals surface area contributed by atoms with Crippen LogP contribution in [0.4, 0.5) is 15.9 Å². The summed E-state index contributed by atoms with van der Waals surface area (Å²) in [6, 6.07) is 14.5. The van der Waals surface area contributed by atoms with E-state index in [-0.39, 0.29) is 5.82 Å². The van der Waals surface area contributed by atoms with Gasteiger partial charge in [0.2, 0.25) is 0 Å². The number of ether oxygens (including phenoxy) is 1. The Kier molecular flexibility index (Phi) is 5.90. The fourth-order valence-corrected chi connectivity index (χ4v) is 4.39. The molecule has 0 amide bonds. The van der Waals surface area contributed by atoms with Crippen molar-refractivity contribution in [1.82, 2.24) is 19.4 Å². The van der Waals surface area contributed by atoms with Gasteiger partial charge in [-0.1, -0.05) is 6.07 Å². The Morgan fingerprint density at radius 3 is 2.50 bits per heavy atom. The topological polar surface area (TPSA) is 72.4 Å². The first kappa shape index (κ1) is 21.9. The second-order valence-corrected chi connectivity index (χ2v) is 8.46. The molecular weight excluding hydrogens is 431 g/mol. The normalized spacial score (nSPS) is 14.4. The third kappa shape index (κ3) is 4.20. The van der Waals surface area contributed by atoms with Gasteiger partial charge in [0.1, 0.15) is 17.4 Å². The molecule has 7 nitrogen and oxygen atoms in total. The lowest BCUT2D eigenvalue weighted by atomic mass is 9.98. The van der Waals surface area contributed by atoms with Crippen molar-refractivity contribution < 1.29 is 9.13 Å². The lowest BCUT2D eigenvalue weighted by Crippen LogP contribution is -2.44. The maximum Gasteiger partial charge on any atom is 0.128 e. The molecule has 1 aliphatic heterocycles. The molecule has 0 saturated carbocycles. The number of nitrogens with zero attached hydrogens (tertiary/aromatic N) is 5. The van der Waals surface area contributed by atoms with E-state index in [4.69, 9.17) is 10.5 Å². The van der Waals surface area contributed by atoms with Crippen molar-refractivity contribution in [3.05, 3.63) is 73.1 Å². The SMILES string of the molecule is COc1cc(N2CCN(C)CC2)ccc1-c1cnc(N)cc1-c1cncn1-c1cccc(F)c1. The second-order valence-electron chi connectivity index (χ2n) is 8.46. The van der Waals surface area contributed by atoms with Gasteiger partial charge in [-0.05, 0) is 43.4 Å². The Hall–Kier alpha value is -3.91. The third-order valence-electron chi connectivity index (χ3n) is 6.27. The van der Waals surface area contributed by atoms with E-state index < -0.39 is 0 Å². The molecule has 2 N–H and O–H groups in total. The van der Waals surface area contributed by atoms with Gasteiger partial charge in [0.15, 0.2) is 0 Å². The van der Waals surface area contributed by atoms with E-state index >= 15 is 0 Å². The van der Waals surface area contributed by atoms with Crippen molar-refractivity contribution in [2.24, 2.45) is 0 Å². The summed E-state index contributed by atoms with van der Waals surface area (Å²) >= 11 is 0. The van der Waals surface area contributed by atoms with Crippen molar-refractivity contribution in [1.29, 1.82) is 0 Å². The molecule has 1 aliphatic rings. The maximum absolute atomic E-state index is 13.9. The average Bonchev–Trinajstić information content (AvgIpc) is 3.34. The first-order valence-electron chi connectivity index (χ1n) is 11.2. The third-order valence-corrected chi connectivity index (χ3v) is 6.27. The molecular formula is C26H27FN6O. The molecule has 2 aromatic heterocycles. The number of pyridine rings is 1. The van der Waals surface area contributed by atoms with Crippen LogP contribution in [0.15, 0.2) is 67.3 Å². The van der Waals surface area contributed by atoms with Crippen LogP contribution in [-0.2, 0) is 0 Å². The Labute approximate surface area is 198 Å². The van der Waals surface area contributed by atoms with Gasteiger partial charge in [0, 0.05) is 60.8 Å². The van der Waals surface area contributed by atoms with Gasteiger partial charge in [-0.3, -0.25) is 4.57 Å². The number of imidazole rings is 1. The molecule has 8 heteroatoms. The minimum absolute atomic E-state index is 0.312. The zero-order chi connectivity index (χ0) is 23.7. The van der Waals surface area contributed by atoms with Gasteiger partial charge in [0.05, 0.1) is 31.0 Å². The number of nitrogen functional groups attached to an aromatic ring is 1. The molecule has 0 bridgehead atoms. The van der Waals surface area contributed by atoms with Crippen LogP contribution >= 0.6 is 0 Å². The van der Waals surface area contributed by atoms with E-state index in [0.29, 0.717) is 11.5 Å². The van der Waals surface area contributed by atoms with E-state index in [1.807, 2.05) is 16.7 Å². The Bertz CT molecular complexity index is 1310. The molecule has 0 atom stereocenters. The van der Waals surface area contributed by atoms with Crippen molar-refractivity contribution in [3.63, 3.8) is 0 Å². The summed E-state index contributed by atoms with van der Waals surface area (Å²) in [4.78, 5) is 13.4. The van der Waals surface area contributed by atoms with Crippen LogP contribution in [0.1, 0.15) is 0 Å². The molecule has 174 valence electrons. The predicted molar refractivity (Wildman–Crippen MR) is 133 cm³/mol. The summed E-state index contributed by atoms with van der Waals surface area (Å²) in [5, 5.41) is 0. The lowest BCUT2D eigenvalue weighted by Gasteiger charge is -2.34. The minimum atomic E-state index is -0.312. The summed E-state index contributed by atoms with van der Waals surface area (Å²) in [5.41, 5.74) is 11.3. The maximum atomic E-state index is 13.9. The van der Waals surface area contributed by atoms with E-state index in [1.54, 1.807) is 31.9 Å². The lowest BCUT2D eigenvalue weighted by molar-refractivity contribution is 0.312. The number of likely N-dealkylation sites (N-methyl/N-ethyl adjacent to an activating group) is 1. The van der Waals surface area contributed by atoms with Crippen molar-refractivity contribution in [2.45, 2.75) is 0 Å². The highest BCUT2D eigenvalue weighted by Crippen LogP contribution is 2.40. The summed E-state index contributed by atoms with van der Waals surface area (Å²) in [6.07, 6.45) is 5.16. The zero-order valence-electron chi connectivity index (χ0n) is 19.3. The molecule has 0 aliphatic carbocycles. The van der Waals surface area contributed by atoms with Gasteiger partial charge in [-0.25, -0.2) is 14.4 Å². The summed E-state index contributed by atoms with van der Waals surface area (Å²) in [5.74, 6) is 0.826. The van der Waals surface area contributed by atoms with E-state index in [9.17, 15) is 4.39 Å². The highest BCUT2D eigenvalue weighted by Gasteiger charge is 2.20. The first-order valence-corrected chi connectivity index (χ1v) is 11.2. The average molecular weight is 459 g/mol. The van der Waals surface area contributed by atoms with Gasteiger partial charge in [-0.15, -0.1) is 0 Å². The molecule has 5 rings (SSSR count). The number of rotatable bonds is 5. The number of methoxy groups -OCH3 is 1. The molecule has 34 heavy (non-hydrogen) atoms. The Morgan fingerprint density at radius 1 is 0.912 bits per heavy atom. The van der Waals surface area contributed by atoms with Crippen LogP contribution in [0.3, 0.4) is 0 Å². The Morgan fingerprint density at radius 2 is 1.74 bits per heavy atom. The molecule has 3 heterocycles. The minimum Gasteiger partial charge on any atom is -0.496 e. The number of hydrogen-bond donors (Lipinski definition) is 1. The van der Waals surface area contributed by atoms with Gasteiger partial charge in [-0.2, -0.15) is 0 Å². The molecule has 2 aromatic carbocycles. The highest BCUT2D eigenvalue weighted by atomic mass is 19.1. The number of nitrogens with two attached hydrogens (primary N) is 1. The number of hydrogen-bond acceptors (Lipinski definition) is 6. The van der Waals surface area contributed by atoms with Crippen molar-refractivity contribution in [2.75, 3.05) is 51.0 Å². The number of benzene rings is 2. The molecule has 1 fully saturated rings. The summed E-state index contributed by atoms with van der Waals surface area (Å²) < 4.78 is 21.6. The van der Waals surface area contributed by atoms with Crippen LogP contribution in [-0.4, -0.2) is 59.8 Å². The number of halogens is 1. The van der Waals surface area contributed by atoms with E-state index in [2.05, 4.69) is 45.0 Å². The van der Waals surface area contributed by atoms with Crippen molar-refractivity contribution in [3.8, 4) is 33.8 Å². The highest BCUT2D eigenvalue weighted by molar-refractivity contribution is 5.87. The fraction of sp³-hybridized carbons (Fsp3) is 0.231. The molecule has 1 saturated heterocycles. The molecule has 0 unspecified atom stereocenters. The number of anilines is 2. The van der Waals surface area contributed by atoms with Gasteiger partial charge >= 0.3 is 0 Å². The Balaban J connectivity index is 1.59. The van der Waals surface area contributed by atoms with Crippen LogP contribution in [0.25, 0.3) is 28.1 Å². The molecule has 4 aromatic rings. The van der Waals surface area contributed by atoms with E-state index in [0.717, 1.165) is 60.0 Å². The second kappa shape index (κ2) is 9.15. The monoisotopic (exact) mass is 458 g/mol. The summed E-state index contributed by atoms with van der Waals surface area (Å²) in [6.45, 7) is 4.00. The first-order chi connectivity index (χ1) is 16.5. The standard InChI is InChI=1S/C26H27FN6O/c1-31-8-10-32(11-9-31)19-6-7-21(25(13-19)34-2)23-15-30-26(28)14-22(23)24-16-29-17-33(24)20-5-3-4-18(27)12-20/h3-7,12-17H,8-11H2,1-2H3,(H2,28,30). The van der Waals surface area contributed by atoms with E-state index in [1.165, 1.54) is 12.1 Å². The summed E-state index contributed by atoms with van der Waals surface area (Å²) in [7, 11) is 3.82. The number of piperazine rings is 1. The number of aromatic nitrogens is 3. The van der Waals surface area contributed by atoms with Crippen molar-refractivity contribution >= 4 is 11.5 Å². The molecule has 0 radical (unpaired) electrons. The van der Waals surface area contributed by atoms with Gasteiger partial charge < -0.3 is 20.3 Å². The zero-order valence-corrected chi connectivity index (χ0v) is 19.3. The van der Waals surface area contributed by atoms with Crippen LogP contribution in [0, 0.1) is 5.82 Å². The van der Waals surface area contributed by atoms with Gasteiger partial charge in [0.25, 0.3) is 0 Å². The quantitative estimate of drug-likeness (QED) is 0.486. The van der Waals surface area contributed by atoms with Crippen LogP contribution in [0.2, 0.25) is 0 Å². The predicted octanol–water partition coefficient (Wildman–Crippen LogP) is 4.08. The molecule has 0 spiro atoms. The fourth-order valence-electron chi connectivity index (χ4n) is 4.39. The smallest absolute Gasteiger partial charge is 0.128 e. The largest absolute Gasteiger partial charge is 0.496 e.